The molecule has 1 saturated carbocycles. The lowest BCUT2D eigenvalue weighted by atomic mass is 9.39. The average molecular weight is 601 g/mol. The van der Waals surface area contributed by atoms with Crippen molar-refractivity contribution >= 4 is 17.3 Å². The van der Waals surface area contributed by atoms with Crippen LogP contribution in [0.5, 0.6) is 11.5 Å². The van der Waals surface area contributed by atoms with Crippen LogP contribution in [0.2, 0.25) is 0 Å². The predicted octanol–water partition coefficient (Wildman–Crippen LogP) is 8.37. The van der Waals surface area contributed by atoms with Gasteiger partial charge in [-0.3, -0.25) is 14.4 Å². The third-order valence-electron chi connectivity index (χ3n) is 10.3. The molecule has 44 heavy (non-hydrogen) atoms. The van der Waals surface area contributed by atoms with Gasteiger partial charge in [-0.1, -0.05) is 54.9 Å². The van der Waals surface area contributed by atoms with Crippen molar-refractivity contribution in [1.82, 2.24) is 0 Å². The van der Waals surface area contributed by atoms with Crippen LogP contribution in [0.15, 0.2) is 76.6 Å². The van der Waals surface area contributed by atoms with Crippen molar-refractivity contribution < 1.29 is 29.3 Å². The van der Waals surface area contributed by atoms with E-state index in [0.29, 0.717) is 19.3 Å². The van der Waals surface area contributed by atoms with Crippen LogP contribution < -0.4 is 0 Å². The molecule has 0 aromatic heterocycles. The summed E-state index contributed by atoms with van der Waals surface area (Å²) in [7, 11) is 0. The van der Waals surface area contributed by atoms with E-state index in [1.54, 1.807) is 0 Å². The first kappa shape index (κ1) is 33.2. The number of benzene rings is 1. The Labute approximate surface area is 262 Å². The van der Waals surface area contributed by atoms with Crippen LogP contribution in [0.25, 0.3) is 0 Å². The van der Waals surface area contributed by atoms with Crippen LogP contribution in [-0.2, 0) is 14.3 Å². The molecule has 6 heteroatoms. The molecule has 2 N–H and O–H groups in total. The van der Waals surface area contributed by atoms with Gasteiger partial charge >= 0.3 is 0 Å². The molecule has 1 aliphatic heterocycles. The van der Waals surface area contributed by atoms with Crippen LogP contribution in [0.3, 0.4) is 0 Å². The highest BCUT2D eigenvalue weighted by Gasteiger charge is 2.74. The summed E-state index contributed by atoms with van der Waals surface area (Å²) < 4.78 is 6.75. The molecule has 1 aromatic carbocycles. The smallest absolute Gasteiger partial charge is 0.200 e. The molecule has 0 amide bonds. The summed E-state index contributed by atoms with van der Waals surface area (Å²) in [5.74, 6) is -2.27. The van der Waals surface area contributed by atoms with Crippen molar-refractivity contribution in [3.05, 3.63) is 82.2 Å². The summed E-state index contributed by atoms with van der Waals surface area (Å²) in [6.45, 7) is 22.1. The number of carbonyl (C=O) groups is 3. The van der Waals surface area contributed by atoms with Crippen molar-refractivity contribution in [2.75, 3.05) is 0 Å². The van der Waals surface area contributed by atoms with Crippen molar-refractivity contribution in [1.29, 1.82) is 0 Å². The first-order chi connectivity index (χ1) is 20.4. The van der Waals surface area contributed by atoms with Crippen molar-refractivity contribution in [2.45, 2.75) is 94.1 Å². The zero-order chi connectivity index (χ0) is 32.9. The van der Waals surface area contributed by atoms with Gasteiger partial charge in [-0.15, -0.1) is 0 Å². The molecule has 2 fully saturated rings. The Morgan fingerprint density at radius 2 is 1.59 bits per heavy atom. The molecule has 3 aliphatic rings. The van der Waals surface area contributed by atoms with Gasteiger partial charge in [0, 0.05) is 11.5 Å². The van der Waals surface area contributed by atoms with Crippen LogP contribution in [0.1, 0.15) is 98.4 Å². The minimum Gasteiger partial charge on any atom is -0.504 e. The van der Waals surface area contributed by atoms with E-state index in [2.05, 4.69) is 12.7 Å². The number of aromatic hydroxyl groups is 2. The van der Waals surface area contributed by atoms with Gasteiger partial charge in [0.25, 0.3) is 0 Å². The summed E-state index contributed by atoms with van der Waals surface area (Å²) in [6.07, 6.45) is 7.26. The maximum atomic E-state index is 15.3. The zero-order valence-electron chi connectivity index (χ0n) is 27.8. The van der Waals surface area contributed by atoms with E-state index >= 15 is 9.59 Å². The van der Waals surface area contributed by atoms with E-state index in [-0.39, 0.29) is 46.7 Å². The van der Waals surface area contributed by atoms with Crippen LogP contribution >= 0.6 is 0 Å². The first-order valence-corrected chi connectivity index (χ1v) is 15.6. The molecule has 1 spiro atoms. The van der Waals surface area contributed by atoms with Gasteiger partial charge in [-0.05, 0) is 110 Å². The number of rotatable bonds is 8. The van der Waals surface area contributed by atoms with Crippen LogP contribution in [-0.4, -0.2) is 33.7 Å². The third kappa shape index (κ3) is 5.20. The van der Waals surface area contributed by atoms with Gasteiger partial charge in [-0.2, -0.15) is 0 Å². The molecule has 2 bridgehead atoms. The number of ether oxygens (including phenoxy) is 1. The SMILES string of the molecule is C=C(C)[C@H]1C[C@]23C[C@H](CC=C(C)C)C(C)(C)[C@](CC=C(C)C)(C(=O)C(C(=O)c4ccc(O)c(O)c4)=C2O[C@@H]1C=C(C)C)C3=O. The Balaban J connectivity index is 2.13. The number of allylic oxidation sites excluding steroid dienone is 7. The highest BCUT2D eigenvalue weighted by Crippen LogP contribution is 2.68. The lowest BCUT2D eigenvalue weighted by Crippen LogP contribution is -2.68. The fourth-order valence-corrected chi connectivity index (χ4v) is 7.63. The molecule has 236 valence electrons. The topological polar surface area (TPSA) is 101 Å². The van der Waals surface area contributed by atoms with E-state index in [0.717, 1.165) is 28.4 Å². The Morgan fingerprint density at radius 3 is 2.14 bits per heavy atom. The number of phenolic OH excluding ortho intramolecular Hbond substituents is 2. The normalized spacial score (nSPS) is 28.8. The molecule has 0 unspecified atom stereocenters. The van der Waals surface area contributed by atoms with Crippen LogP contribution in [0, 0.1) is 28.1 Å². The molecule has 1 aromatic rings. The minimum absolute atomic E-state index is 0.0411. The number of hydrogen-bond donors (Lipinski definition) is 2. The van der Waals surface area contributed by atoms with Crippen molar-refractivity contribution in [3.63, 3.8) is 0 Å². The van der Waals surface area contributed by atoms with Crippen molar-refractivity contribution in [3.8, 4) is 11.5 Å². The highest BCUT2D eigenvalue weighted by molar-refractivity contribution is 6.35. The van der Waals surface area contributed by atoms with E-state index in [9.17, 15) is 15.0 Å². The largest absolute Gasteiger partial charge is 0.504 e. The maximum Gasteiger partial charge on any atom is 0.200 e. The maximum absolute atomic E-state index is 15.3. The summed E-state index contributed by atoms with van der Waals surface area (Å²) in [5.41, 5.74) is 0.416. The van der Waals surface area contributed by atoms with E-state index < -0.39 is 39.7 Å². The summed E-state index contributed by atoms with van der Waals surface area (Å²) in [6, 6.07) is 3.78. The number of ketones is 3. The van der Waals surface area contributed by atoms with Gasteiger partial charge in [0.1, 0.15) is 22.9 Å². The Kier molecular flexibility index (Phi) is 8.82. The minimum atomic E-state index is -1.51. The Bertz CT molecular complexity index is 1540. The van der Waals surface area contributed by atoms with E-state index in [4.69, 9.17) is 4.74 Å². The van der Waals surface area contributed by atoms with Gasteiger partial charge in [-0.25, -0.2) is 0 Å². The fraction of sp³-hybridized carbons (Fsp3) is 0.500. The zero-order valence-corrected chi connectivity index (χ0v) is 27.8. The van der Waals surface area contributed by atoms with E-state index in [1.807, 2.05) is 74.5 Å². The Hall–Kier alpha value is -3.67. The van der Waals surface area contributed by atoms with Gasteiger partial charge in [0.2, 0.25) is 0 Å². The monoisotopic (exact) mass is 600 g/mol. The van der Waals surface area contributed by atoms with Gasteiger partial charge in [0.05, 0.1) is 5.41 Å². The first-order valence-electron chi connectivity index (χ1n) is 15.6. The summed E-state index contributed by atoms with van der Waals surface area (Å²) in [5, 5.41) is 20.2. The number of carbonyl (C=O) groups excluding carboxylic acids is 3. The van der Waals surface area contributed by atoms with E-state index in [1.165, 1.54) is 12.1 Å². The average Bonchev–Trinajstić information content (AvgIpc) is 2.91. The molecule has 2 aliphatic carbocycles. The molecule has 4 rings (SSSR count). The summed E-state index contributed by atoms with van der Waals surface area (Å²) in [4.78, 5) is 44.9. The fourth-order valence-electron chi connectivity index (χ4n) is 7.63. The third-order valence-corrected chi connectivity index (χ3v) is 10.3. The van der Waals surface area contributed by atoms with Gasteiger partial charge < -0.3 is 14.9 Å². The number of phenols is 2. The molecule has 0 radical (unpaired) electrons. The van der Waals surface area contributed by atoms with Crippen LogP contribution in [0.4, 0.5) is 0 Å². The number of hydrogen-bond acceptors (Lipinski definition) is 6. The standard InChI is InChI=1S/C38H48O6/c1-21(2)11-13-26-19-37-20-27(24(7)8)30(17-23(5)6)44-34(37)31(32(41)25-12-14-28(39)29(40)18-25)33(42)38(35(37)43,36(26,9)10)16-15-22(3)4/h11-12,14-15,17-18,26-27,30,39-40H,7,13,16,19-20H2,1-6,8-10H3/t26-,27+,30+,37+,38+/m0/s1. The predicted molar refractivity (Wildman–Crippen MR) is 173 cm³/mol. The quantitative estimate of drug-likeness (QED) is 0.102. The second kappa shape index (κ2) is 11.7. The highest BCUT2D eigenvalue weighted by atomic mass is 16.5. The molecular weight excluding hydrogens is 552 g/mol. The second-order valence-electron chi connectivity index (χ2n) is 14.5. The lowest BCUT2D eigenvalue weighted by Gasteiger charge is -2.63. The molecule has 6 nitrogen and oxygen atoms in total. The second-order valence-corrected chi connectivity index (χ2v) is 14.5. The molecule has 5 atom stereocenters. The van der Waals surface area contributed by atoms with Crippen molar-refractivity contribution in [2.24, 2.45) is 28.1 Å². The Morgan fingerprint density at radius 1 is 0.955 bits per heavy atom. The lowest BCUT2D eigenvalue weighted by molar-refractivity contribution is -0.179. The molecular formula is C38H48O6. The van der Waals surface area contributed by atoms with Gasteiger partial charge in [0.15, 0.2) is 28.8 Å². The summed E-state index contributed by atoms with van der Waals surface area (Å²) >= 11 is 0. The molecule has 1 heterocycles. The molecule has 1 saturated heterocycles. The number of Topliss-reactive ketones (excluding diaryl/α,β-unsaturated/α-hetero) is 3. The number of fused-ring (bicyclic) bond motifs is 1.